The molecule has 6 rings (SSSR count). The minimum Gasteiger partial charge on any atom is -0.469 e. The number of fused-ring (bicyclic) bond motifs is 8. The molecule has 4 fully saturated rings. The van der Waals surface area contributed by atoms with Crippen LogP contribution in [-0.2, 0) is 21.4 Å². The number of nitrogens with two attached hydrogens (primary N) is 1. The van der Waals surface area contributed by atoms with Crippen LogP contribution in [-0.4, -0.2) is 23.0 Å². The standard InChI is InChI=1S/C33H49N3O2/c1-19(2)21-11-14-33(27(37)38-8)16-15-31(6)22(25(21)33)9-10-24-30(5)17-20-18-35-28(34)36-26(20)29(3,4)23(30)12-13-32(24,31)7/h18,21-25H,1,9-17H2,2-8H3,(H2,34,35,36)/t21-,22+,23-,24+,25+,30-,31+,32+,33-/m0/s1. The lowest BCUT2D eigenvalue weighted by Crippen LogP contribution is -2.67. The summed E-state index contributed by atoms with van der Waals surface area (Å²) in [4.78, 5) is 22.7. The van der Waals surface area contributed by atoms with Crippen molar-refractivity contribution in [1.82, 2.24) is 9.97 Å². The molecule has 5 heteroatoms. The summed E-state index contributed by atoms with van der Waals surface area (Å²) in [5, 5.41) is 0. The maximum absolute atomic E-state index is 13.5. The second-order valence-electron chi connectivity index (χ2n) is 15.3. The fourth-order valence-electron chi connectivity index (χ4n) is 12.2. The number of hydrogen-bond acceptors (Lipinski definition) is 5. The summed E-state index contributed by atoms with van der Waals surface area (Å²) >= 11 is 0. The molecule has 4 saturated carbocycles. The lowest BCUT2D eigenvalue weighted by Gasteiger charge is -2.72. The summed E-state index contributed by atoms with van der Waals surface area (Å²) < 4.78 is 5.53. The molecule has 9 atom stereocenters. The Hall–Kier alpha value is -1.91. The van der Waals surface area contributed by atoms with Crippen molar-refractivity contribution in [2.45, 2.75) is 105 Å². The SMILES string of the molecule is C=C(C)[C@@H]1CC[C@]2(C(=O)OC)CC[C@]3(C)[C@H](CC[C@@H]4[C@@]5(C)Cc6cnc(N)nc6C(C)(C)[C@@H]5CC[C@]43C)[C@@H]12. The van der Waals surface area contributed by atoms with Gasteiger partial charge in [-0.25, -0.2) is 9.97 Å². The zero-order valence-corrected chi connectivity index (χ0v) is 24.8. The van der Waals surface area contributed by atoms with Crippen LogP contribution in [0.15, 0.2) is 18.3 Å². The predicted molar refractivity (Wildman–Crippen MR) is 151 cm³/mol. The first-order valence-electron chi connectivity index (χ1n) is 15.1. The molecule has 0 radical (unpaired) electrons. The average Bonchev–Trinajstić information content (AvgIpc) is 3.25. The quantitative estimate of drug-likeness (QED) is 0.339. The van der Waals surface area contributed by atoms with Gasteiger partial charge in [-0.2, -0.15) is 0 Å². The molecular weight excluding hydrogens is 470 g/mol. The highest BCUT2D eigenvalue weighted by atomic mass is 16.5. The molecule has 38 heavy (non-hydrogen) atoms. The number of nitrogens with zero attached hydrogens (tertiary/aromatic N) is 2. The molecule has 5 aliphatic rings. The van der Waals surface area contributed by atoms with Crippen molar-refractivity contribution in [2.24, 2.45) is 51.2 Å². The Morgan fingerprint density at radius 2 is 1.74 bits per heavy atom. The number of anilines is 1. The van der Waals surface area contributed by atoms with E-state index in [1.165, 1.54) is 42.5 Å². The molecule has 0 saturated heterocycles. The average molecular weight is 520 g/mol. The smallest absolute Gasteiger partial charge is 0.312 e. The number of hydrogen-bond donors (Lipinski definition) is 1. The van der Waals surface area contributed by atoms with Crippen LogP contribution in [0.2, 0.25) is 0 Å². The van der Waals surface area contributed by atoms with E-state index in [2.05, 4.69) is 53.1 Å². The minimum atomic E-state index is -0.324. The third kappa shape index (κ3) is 3.02. The molecule has 0 unspecified atom stereocenters. The molecule has 2 N–H and O–H groups in total. The van der Waals surface area contributed by atoms with Crippen LogP contribution >= 0.6 is 0 Å². The van der Waals surface area contributed by atoms with E-state index >= 15 is 0 Å². The molecule has 0 amide bonds. The van der Waals surface area contributed by atoms with Crippen molar-refractivity contribution >= 4 is 11.9 Å². The molecule has 1 aromatic heterocycles. The Balaban J connectivity index is 1.43. The van der Waals surface area contributed by atoms with Crippen LogP contribution in [0.25, 0.3) is 0 Å². The highest BCUT2D eigenvalue weighted by Crippen LogP contribution is 2.77. The topological polar surface area (TPSA) is 78.1 Å². The molecular formula is C33H49N3O2. The van der Waals surface area contributed by atoms with Crippen molar-refractivity contribution in [2.75, 3.05) is 12.8 Å². The Kier molecular flexibility index (Phi) is 5.59. The van der Waals surface area contributed by atoms with Crippen LogP contribution in [0.1, 0.15) is 104 Å². The lowest BCUT2D eigenvalue weighted by atomic mass is 9.32. The molecule has 5 nitrogen and oxygen atoms in total. The van der Waals surface area contributed by atoms with E-state index in [1.54, 1.807) is 7.11 Å². The molecule has 0 aliphatic heterocycles. The zero-order chi connectivity index (χ0) is 27.5. The molecule has 208 valence electrons. The van der Waals surface area contributed by atoms with Gasteiger partial charge in [0.15, 0.2) is 0 Å². The van der Waals surface area contributed by atoms with Gasteiger partial charge in [0.1, 0.15) is 0 Å². The number of carbonyl (C=O) groups is 1. The summed E-state index contributed by atoms with van der Waals surface area (Å²) in [5.41, 5.74) is 10.1. The van der Waals surface area contributed by atoms with Gasteiger partial charge in [-0.1, -0.05) is 46.8 Å². The Bertz CT molecular complexity index is 1190. The van der Waals surface area contributed by atoms with Crippen LogP contribution in [0, 0.1) is 51.2 Å². The maximum Gasteiger partial charge on any atom is 0.312 e. The van der Waals surface area contributed by atoms with Gasteiger partial charge in [0.05, 0.1) is 18.2 Å². The Morgan fingerprint density at radius 1 is 1.00 bits per heavy atom. The van der Waals surface area contributed by atoms with Gasteiger partial charge in [0.25, 0.3) is 0 Å². The highest BCUT2D eigenvalue weighted by Gasteiger charge is 2.72. The summed E-state index contributed by atoms with van der Waals surface area (Å²) in [6.45, 7) is 19.3. The third-order valence-electron chi connectivity index (χ3n) is 13.9. The summed E-state index contributed by atoms with van der Waals surface area (Å²) in [5.74, 6) is 2.96. The van der Waals surface area contributed by atoms with Gasteiger partial charge >= 0.3 is 5.97 Å². The van der Waals surface area contributed by atoms with Gasteiger partial charge in [0.2, 0.25) is 5.95 Å². The second-order valence-corrected chi connectivity index (χ2v) is 15.3. The van der Waals surface area contributed by atoms with Gasteiger partial charge in [-0.3, -0.25) is 4.79 Å². The van der Waals surface area contributed by atoms with Crippen molar-refractivity contribution in [3.63, 3.8) is 0 Å². The first kappa shape index (κ1) is 26.3. The molecule has 1 heterocycles. The van der Waals surface area contributed by atoms with Crippen molar-refractivity contribution in [1.29, 1.82) is 0 Å². The van der Waals surface area contributed by atoms with Gasteiger partial charge in [-0.15, -0.1) is 0 Å². The molecule has 0 spiro atoms. The van der Waals surface area contributed by atoms with E-state index in [0.717, 1.165) is 32.1 Å². The van der Waals surface area contributed by atoms with Gasteiger partial charge in [-0.05, 0) is 116 Å². The molecule has 1 aromatic rings. The largest absolute Gasteiger partial charge is 0.469 e. The lowest BCUT2D eigenvalue weighted by molar-refractivity contribution is -0.228. The van der Waals surface area contributed by atoms with E-state index in [1.807, 2.05) is 6.20 Å². The van der Waals surface area contributed by atoms with E-state index in [4.69, 9.17) is 15.5 Å². The van der Waals surface area contributed by atoms with E-state index in [9.17, 15) is 4.79 Å². The van der Waals surface area contributed by atoms with Crippen molar-refractivity contribution in [3.05, 3.63) is 29.6 Å². The third-order valence-corrected chi connectivity index (χ3v) is 13.9. The maximum atomic E-state index is 13.5. The van der Waals surface area contributed by atoms with Crippen LogP contribution < -0.4 is 5.73 Å². The molecule has 5 aliphatic carbocycles. The molecule has 0 aromatic carbocycles. The number of rotatable bonds is 2. The number of carbonyl (C=O) groups excluding carboxylic acids is 1. The Labute approximate surface area is 229 Å². The monoisotopic (exact) mass is 519 g/mol. The first-order chi connectivity index (χ1) is 17.8. The van der Waals surface area contributed by atoms with Crippen LogP contribution in [0.4, 0.5) is 5.95 Å². The van der Waals surface area contributed by atoms with E-state index in [-0.39, 0.29) is 33.0 Å². The second kappa shape index (κ2) is 8.07. The fraction of sp³-hybridized carbons (Fsp3) is 0.788. The zero-order valence-electron chi connectivity index (χ0n) is 24.8. The van der Waals surface area contributed by atoms with E-state index in [0.29, 0.717) is 35.5 Å². The number of nitrogen functional groups attached to an aromatic ring is 1. The van der Waals surface area contributed by atoms with Gasteiger partial charge in [0, 0.05) is 11.6 Å². The number of ether oxygens (including phenoxy) is 1. The molecule has 0 bridgehead atoms. The summed E-state index contributed by atoms with van der Waals surface area (Å²) in [6, 6.07) is 0. The van der Waals surface area contributed by atoms with E-state index < -0.39 is 0 Å². The number of methoxy groups -OCH3 is 1. The van der Waals surface area contributed by atoms with Crippen LogP contribution in [0.3, 0.4) is 0 Å². The fourth-order valence-corrected chi connectivity index (χ4v) is 12.2. The summed E-state index contributed by atoms with van der Waals surface area (Å²) in [6.07, 6.45) is 12.1. The first-order valence-corrected chi connectivity index (χ1v) is 15.1. The number of aromatic nitrogens is 2. The summed E-state index contributed by atoms with van der Waals surface area (Å²) in [7, 11) is 1.59. The highest BCUT2D eigenvalue weighted by molar-refractivity contribution is 5.78. The van der Waals surface area contributed by atoms with Crippen molar-refractivity contribution in [3.8, 4) is 0 Å². The predicted octanol–water partition coefficient (Wildman–Crippen LogP) is 6.90. The van der Waals surface area contributed by atoms with Gasteiger partial charge < -0.3 is 10.5 Å². The number of allylic oxidation sites excluding steroid dienone is 1. The number of esters is 1. The van der Waals surface area contributed by atoms with Crippen LogP contribution in [0.5, 0.6) is 0 Å². The van der Waals surface area contributed by atoms with Crippen molar-refractivity contribution < 1.29 is 9.53 Å². The normalized spacial score (nSPS) is 46.6. The Morgan fingerprint density at radius 3 is 2.42 bits per heavy atom. The minimum absolute atomic E-state index is 0.0262.